The Hall–Kier alpha value is -1.88. The van der Waals surface area contributed by atoms with Crippen LogP contribution in [0, 0.1) is 5.92 Å². The van der Waals surface area contributed by atoms with Gasteiger partial charge in [0.15, 0.2) is 0 Å². The molecule has 3 nitrogen and oxygen atoms in total. The fraction of sp³-hybridized carbons (Fsp3) is 0.440. The van der Waals surface area contributed by atoms with E-state index >= 15 is 0 Å². The molecule has 0 saturated carbocycles. The summed E-state index contributed by atoms with van der Waals surface area (Å²) in [6.45, 7) is 9.33. The molecule has 2 atom stereocenters. The van der Waals surface area contributed by atoms with Gasteiger partial charge in [0.2, 0.25) is 8.32 Å². The van der Waals surface area contributed by atoms with Gasteiger partial charge in [-0.2, -0.15) is 0 Å². The van der Waals surface area contributed by atoms with E-state index in [-0.39, 0.29) is 5.92 Å². The predicted octanol–water partition coefficient (Wildman–Crippen LogP) is 5.76. The molecule has 1 aliphatic heterocycles. The van der Waals surface area contributed by atoms with E-state index in [0.29, 0.717) is 0 Å². The molecule has 0 aliphatic carbocycles. The van der Waals surface area contributed by atoms with E-state index in [4.69, 9.17) is 4.43 Å². The Morgan fingerprint density at radius 2 is 1.55 bits per heavy atom. The summed E-state index contributed by atoms with van der Waals surface area (Å²) in [4.78, 5) is 2.41. The predicted molar refractivity (Wildman–Crippen MR) is 123 cm³/mol. The molecule has 1 aliphatic rings. The summed E-state index contributed by atoms with van der Waals surface area (Å²) in [5.41, 5.74) is 2.27. The average molecular weight is 410 g/mol. The number of benzene rings is 2. The van der Waals surface area contributed by atoms with Gasteiger partial charge in [-0.3, -0.25) is 4.90 Å². The number of aliphatic hydroxyl groups excluding tert-OH is 1. The second kappa shape index (κ2) is 10.2. The third kappa shape index (κ3) is 5.38. The van der Waals surface area contributed by atoms with E-state index in [1.54, 1.807) is 0 Å². The lowest BCUT2D eigenvalue weighted by atomic mass is 9.91. The van der Waals surface area contributed by atoms with Crippen molar-refractivity contribution in [2.24, 2.45) is 5.92 Å². The van der Waals surface area contributed by atoms with Crippen molar-refractivity contribution in [3.63, 3.8) is 0 Å². The van der Waals surface area contributed by atoms with Crippen LogP contribution < -0.4 is 0 Å². The van der Waals surface area contributed by atoms with Crippen LogP contribution in [0.1, 0.15) is 38.0 Å². The molecule has 2 aromatic carbocycles. The van der Waals surface area contributed by atoms with Crippen LogP contribution in [0.25, 0.3) is 0 Å². The third-order valence-corrected chi connectivity index (χ3v) is 10.9. The topological polar surface area (TPSA) is 32.7 Å². The fourth-order valence-corrected chi connectivity index (χ4v) is 6.92. The van der Waals surface area contributed by atoms with Crippen molar-refractivity contribution < 1.29 is 9.53 Å². The molecule has 0 radical (unpaired) electrons. The van der Waals surface area contributed by atoms with Crippen LogP contribution in [0.5, 0.6) is 0 Å². The highest BCUT2D eigenvalue weighted by Gasteiger charge is 2.37. The van der Waals surface area contributed by atoms with Crippen molar-refractivity contribution >= 4 is 8.32 Å². The zero-order valence-electron chi connectivity index (χ0n) is 18.1. The molecule has 156 valence electrons. The van der Waals surface area contributed by atoms with Gasteiger partial charge in [0, 0.05) is 19.6 Å². The van der Waals surface area contributed by atoms with Gasteiger partial charge in [-0.05, 0) is 35.3 Å². The molecule has 29 heavy (non-hydrogen) atoms. The van der Waals surface area contributed by atoms with Gasteiger partial charge in [-0.15, -0.1) is 0 Å². The maximum atomic E-state index is 11.3. The lowest BCUT2D eigenvalue weighted by molar-refractivity contribution is 0.0669. The molecule has 0 fully saturated rings. The summed E-state index contributed by atoms with van der Waals surface area (Å²) in [5.74, 6) is 0.981. The SMILES string of the molecule is CC[Si](CC)(CC)OC1=CCN(Cc2ccccc2)C[C@H]1[C@@H](O)c1ccccc1. The average Bonchev–Trinajstić information content (AvgIpc) is 2.79. The van der Waals surface area contributed by atoms with Gasteiger partial charge in [0.25, 0.3) is 0 Å². The number of rotatable bonds is 9. The number of nitrogens with zero attached hydrogens (tertiary/aromatic N) is 1. The van der Waals surface area contributed by atoms with Crippen molar-refractivity contribution in [1.29, 1.82) is 0 Å². The maximum absolute atomic E-state index is 11.3. The first-order chi connectivity index (χ1) is 14.1. The van der Waals surface area contributed by atoms with Crippen molar-refractivity contribution in [2.75, 3.05) is 13.1 Å². The van der Waals surface area contributed by atoms with Crippen LogP contribution in [0.2, 0.25) is 18.1 Å². The number of aliphatic hydroxyl groups is 1. The van der Waals surface area contributed by atoms with E-state index in [0.717, 1.165) is 49.1 Å². The first-order valence-corrected chi connectivity index (χ1v) is 13.5. The maximum Gasteiger partial charge on any atom is 0.250 e. The van der Waals surface area contributed by atoms with Crippen LogP contribution in [0.15, 0.2) is 72.5 Å². The van der Waals surface area contributed by atoms with E-state index in [1.807, 2.05) is 30.3 Å². The molecule has 2 aromatic rings. The molecule has 1 N–H and O–H groups in total. The minimum atomic E-state index is -1.79. The molecule has 0 amide bonds. The lowest BCUT2D eigenvalue weighted by Crippen LogP contribution is -2.42. The molecule has 0 spiro atoms. The Morgan fingerprint density at radius 1 is 0.966 bits per heavy atom. The normalized spacial score (nSPS) is 18.9. The highest BCUT2D eigenvalue weighted by molar-refractivity contribution is 6.73. The summed E-state index contributed by atoms with van der Waals surface area (Å²) in [6.07, 6.45) is 1.67. The molecule has 3 rings (SSSR count). The summed E-state index contributed by atoms with van der Waals surface area (Å²) >= 11 is 0. The van der Waals surface area contributed by atoms with Gasteiger partial charge >= 0.3 is 0 Å². The Bertz CT molecular complexity index is 766. The lowest BCUT2D eigenvalue weighted by Gasteiger charge is -2.40. The van der Waals surface area contributed by atoms with E-state index in [1.165, 1.54) is 5.56 Å². The molecule has 0 unspecified atom stereocenters. The molecule has 1 heterocycles. The van der Waals surface area contributed by atoms with Crippen molar-refractivity contribution in [3.05, 3.63) is 83.6 Å². The van der Waals surface area contributed by atoms with E-state index in [9.17, 15) is 5.11 Å². The van der Waals surface area contributed by atoms with Gasteiger partial charge in [-0.25, -0.2) is 0 Å². The largest absolute Gasteiger partial charge is 0.546 e. The first-order valence-electron chi connectivity index (χ1n) is 11.0. The van der Waals surface area contributed by atoms with E-state index in [2.05, 4.69) is 62.1 Å². The summed E-state index contributed by atoms with van der Waals surface area (Å²) in [5, 5.41) is 11.3. The van der Waals surface area contributed by atoms with Gasteiger partial charge < -0.3 is 9.53 Å². The van der Waals surface area contributed by atoms with Crippen molar-refractivity contribution in [3.8, 4) is 0 Å². The standard InChI is InChI=1S/C25H35NO2Si/c1-4-29(5-2,6-3)28-24-17-18-26(19-21-13-9-7-10-14-21)20-23(24)25(27)22-15-11-8-12-16-22/h7-17,23,25,27H,4-6,18-20H2,1-3H3/t23-,25+/m1/s1. The minimum absolute atomic E-state index is 0.0358. The highest BCUT2D eigenvalue weighted by Crippen LogP contribution is 2.36. The Kier molecular flexibility index (Phi) is 7.70. The van der Waals surface area contributed by atoms with Crippen molar-refractivity contribution in [1.82, 2.24) is 4.90 Å². The van der Waals surface area contributed by atoms with Crippen LogP contribution in [-0.2, 0) is 11.0 Å². The molecule has 0 aromatic heterocycles. The summed E-state index contributed by atoms with van der Waals surface area (Å²) in [6, 6.07) is 23.9. The Labute approximate surface area is 177 Å². The second-order valence-corrected chi connectivity index (χ2v) is 12.8. The number of hydrogen-bond donors (Lipinski definition) is 1. The van der Waals surface area contributed by atoms with Crippen LogP contribution in [0.4, 0.5) is 0 Å². The second-order valence-electron chi connectivity index (χ2n) is 8.09. The van der Waals surface area contributed by atoms with Crippen LogP contribution in [0.3, 0.4) is 0 Å². The highest BCUT2D eigenvalue weighted by atomic mass is 28.4. The van der Waals surface area contributed by atoms with Gasteiger partial charge in [-0.1, -0.05) is 81.4 Å². The molecule has 0 saturated heterocycles. The zero-order chi connectivity index (χ0) is 20.7. The summed E-state index contributed by atoms with van der Waals surface area (Å²) in [7, 11) is -1.79. The summed E-state index contributed by atoms with van der Waals surface area (Å²) < 4.78 is 6.79. The molecule has 0 bridgehead atoms. The third-order valence-electron chi connectivity index (χ3n) is 6.41. The smallest absolute Gasteiger partial charge is 0.250 e. The molecular formula is C25H35NO2Si. The number of hydrogen-bond acceptors (Lipinski definition) is 3. The molecule has 4 heteroatoms. The zero-order valence-corrected chi connectivity index (χ0v) is 19.1. The minimum Gasteiger partial charge on any atom is -0.546 e. The van der Waals surface area contributed by atoms with Crippen molar-refractivity contribution in [2.45, 2.75) is 51.6 Å². The van der Waals surface area contributed by atoms with Crippen LogP contribution >= 0.6 is 0 Å². The molecular weight excluding hydrogens is 374 g/mol. The monoisotopic (exact) mass is 409 g/mol. The van der Waals surface area contributed by atoms with Crippen LogP contribution in [-0.4, -0.2) is 31.4 Å². The Morgan fingerprint density at radius 3 is 2.14 bits per heavy atom. The quantitative estimate of drug-likeness (QED) is 0.535. The first kappa shape index (κ1) is 21.8. The van der Waals surface area contributed by atoms with E-state index < -0.39 is 14.4 Å². The van der Waals surface area contributed by atoms with Gasteiger partial charge in [0.1, 0.15) is 0 Å². The van der Waals surface area contributed by atoms with Gasteiger partial charge in [0.05, 0.1) is 17.8 Å². The Balaban J connectivity index is 1.85. The fourth-order valence-electron chi connectivity index (χ4n) is 4.26.